The number of rotatable bonds is 3. The molecule has 0 saturated heterocycles. The molecule has 4 nitrogen and oxygen atoms in total. The Kier molecular flexibility index (Phi) is 3.77. The number of allylic oxidation sites excluding steroid dienone is 1. The fourth-order valence-corrected chi connectivity index (χ4v) is 3.18. The molecule has 0 aliphatic carbocycles. The number of fused-ring (bicyclic) bond motifs is 1. The molecule has 0 unspecified atom stereocenters. The van der Waals surface area contributed by atoms with Crippen LogP contribution in [0.4, 0.5) is 11.4 Å². The minimum Gasteiger partial charge on any atom is -0.198 e. The first-order valence-corrected chi connectivity index (χ1v) is 7.58. The highest BCUT2D eigenvalue weighted by Crippen LogP contribution is 2.39. The van der Waals surface area contributed by atoms with Crippen molar-refractivity contribution in [3.05, 3.63) is 76.2 Å². The molecular formula is C19H19N4+. The van der Waals surface area contributed by atoms with E-state index < -0.39 is 0 Å². The smallest absolute Gasteiger partial charge is 0.198 e. The van der Waals surface area contributed by atoms with Gasteiger partial charge in [0.2, 0.25) is 5.69 Å². The summed E-state index contributed by atoms with van der Waals surface area (Å²) in [6, 6.07) is 16.1. The summed E-state index contributed by atoms with van der Waals surface area (Å²) in [6.07, 6.45) is 4.27. The van der Waals surface area contributed by atoms with Crippen molar-refractivity contribution in [1.29, 1.82) is 0 Å². The Morgan fingerprint density at radius 1 is 1.04 bits per heavy atom. The van der Waals surface area contributed by atoms with Gasteiger partial charge in [-0.05, 0) is 31.0 Å². The first kappa shape index (κ1) is 15.1. The Labute approximate surface area is 136 Å². The first-order valence-electron chi connectivity index (χ1n) is 7.58. The van der Waals surface area contributed by atoms with Crippen molar-refractivity contribution >= 4 is 23.2 Å². The zero-order chi connectivity index (χ0) is 16.4. The molecule has 0 spiro atoms. The molecule has 114 valence electrons. The van der Waals surface area contributed by atoms with Crippen LogP contribution in [-0.2, 0) is 5.41 Å². The van der Waals surface area contributed by atoms with E-state index in [1.807, 2.05) is 24.3 Å². The average Bonchev–Trinajstić information content (AvgIpc) is 2.75. The van der Waals surface area contributed by atoms with Crippen LogP contribution in [-0.4, -0.2) is 17.3 Å². The van der Waals surface area contributed by atoms with Gasteiger partial charge in [0, 0.05) is 28.3 Å². The predicted octanol–water partition coefficient (Wildman–Crippen LogP) is 5.35. The zero-order valence-electron chi connectivity index (χ0n) is 13.6. The fraction of sp³-hybridized carbons (Fsp3) is 0.211. The molecule has 0 N–H and O–H groups in total. The van der Waals surface area contributed by atoms with E-state index in [0.717, 1.165) is 5.56 Å². The molecule has 0 atom stereocenters. The molecule has 2 aromatic rings. The maximum absolute atomic E-state index is 8.44. The minimum absolute atomic E-state index is 0.0209. The van der Waals surface area contributed by atoms with Crippen LogP contribution in [0.25, 0.3) is 16.5 Å². The molecule has 23 heavy (non-hydrogen) atoms. The molecule has 0 radical (unpaired) electrons. The van der Waals surface area contributed by atoms with Crippen molar-refractivity contribution in [2.24, 2.45) is 5.11 Å². The number of hydrogen-bond donors (Lipinski definition) is 0. The lowest BCUT2D eigenvalue weighted by Gasteiger charge is -2.15. The third-order valence-corrected chi connectivity index (χ3v) is 4.43. The molecule has 0 saturated carbocycles. The van der Waals surface area contributed by atoms with E-state index in [0.29, 0.717) is 5.69 Å². The van der Waals surface area contributed by atoms with Crippen LogP contribution in [0, 0.1) is 0 Å². The lowest BCUT2D eigenvalue weighted by atomic mass is 9.81. The maximum atomic E-state index is 8.44. The van der Waals surface area contributed by atoms with E-state index in [1.54, 1.807) is 0 Å². The molecule has 3 rings (SSSR count). The SMILES string of the molecule is C[N+]1=C(C=Cc2ccc(N=[N+]=[N-])cc2)C(C)(C)c2ccccc21. The second-order valence-electron chi connectivity index (χ2n) is 6.20. The average molecular weight is 303 g/mol. The van der Waals surface area contributed by atoms with E-state index in [4.69, 9.17) is 5.53 Å². The van der Waals surface area contributed by atoms with E-state index in [-0.39, 0.29) is 5.41 Å². The van der Waals surface area contributed by atoms with Gasteiger partial charge < -0.3 is 0 Å². The topological polar surface area (TPSA) is 51.8 Å². The lowest BCUT2D eigenvalue weighted by molar-refractivity contribution is -0.401. The van der Waals surface area contributed by atoms with Gasteiger partial charge in [0.25, 0.3) is 0 Å². The van der Waals surface area contributed by atoms with E-state index in [1.165, 1.54) is 17.0 Å². The van der Waals surface area contributed by atoms with Crippen LogP contribution in [0.1, 0.15) is 25.0 Å². The van der Waals surface area contributed by atoms with Crippen LogP contribution in [0.2, 0.25) is 0 Å². The minimum atomic E-state index is -0.0209. The molecule has 2 aromatic carbocycles. The molecular weight excluding hydrogens is 284 g/mol. The van der Waals surface area contributed by atoms with Gasteiger partial charge >= 0.3 is 0 Å². The Morgan fingerprint density at radius 2 is 1.74 bits per heavy atom. The molecule has 0 aromatic heterocycles. The summed E-state index contributed by atoms with van der Waals surface area (Å²) < 4.78 is 2.25. The van der Waals surface area contributed by atoms with Crippen LogP contribution >= 0.6 is 0 Å². The van der Waals surface area contributed by atoms with Crippen molar-refractivity contribution < 1.29 is 4.58 Å². The Balaban J connectivity index is 1.94. The number of benzene rings is 2. The van der Waals surface area contributed by atoms with E-state index >= 15 is 0 Å². The van der Waals surface area contributed by atoms with Gasteiger partial charge in [-0.1, -0.05) is 47.6 Å². The summed E-state index contributed by atoms with van der Waals surface area (Å²) in [7, 11) is 2.11. The molecule has 1 aliphatic heterocycles. The Morgan fingerprint density at radius 3 is 2.39 bits per heavy atom. The van der Waals surface area contributed by atoms with Crippen LogP contribution in [0.3, 0.4) is 0 Å². The Hall–Kier alpha value is -2.84. The molecule has 4 heteroatoms. The largest absolute Gasteiger partial charge is 0.209 e. The molecule has 0 bridgehead atoms. The summed E-state index contributed by atoms with van der Waals surface area (Å²) in [6.45, 7) is 4.50. The van der Waals surface area contributed by atoms with Crippen molar-refractivity contribution in [3.63, 3.8) is 0 Å². The van der Waals surface area contributed by atoms with Gasteiger partial charge in [-0.15, -0.1) is 0 Å². The molecule has 0 amide bonds. The summed E-state index contributed by atoms with van der Waals surface area (Å²) in [4.78, 5) is 2.79. The van der Waals surface area contributed by atoms with Gasteiger partial charge in [0.1, 0.15) is 7.05 Å². The summed E-state index contributed by atoms with van der Waals surface area (Å²) in [5, 5.41) is 3.59. The van der Waals surface area contributed by atoms with Gasteiger partial charge in [0.05, 0.1) is 5.41 Å². The summed E-state index contributed by atoms with van der Waals surface area (Å²) >= 11 is 0. The van der Waals surface area contributed by atoms with Crippen LogP contribution in [0.5, 0.6) is 0 Å². The maximum Gasteiger partial charge on any atom is 0.209 e. The third kappa shape index (κ3) is 2.65. The summed E-state index contributed by atoms with van der Waals surface area (Å²) in [5.41, 5.74) is 14.0. The monoisotopic (exact) mass is 303 g/mol. The second kappa shape index (κ2) is 5.75. The van der Waals surface area contributed by atoms with E-state index in [2.05, 4.69) is 71.9 Å². The standard InChI is InChI=1S/C19H19N4/c1-19(2)16-6-4-5-7-17(16)23(3)18(19)13-10-14-8-11-15(12-9-14)21-22-20/h4-13H,1-3H3/q+1. The number of hydrogen-bond acceptors (Lipinski definition) is 1. The fourth-order valence-electron chi connectivity index (χ4n) is 3.18. The third-order valence-electron chi connectivity index (χ3n) is 4.43. The number of nitrogens with zero attached hydrogens (tertiary/aromatic N) is 4. The lowest BCUT2D eigenvalue weighted by Crippen LogP contribution is -2.26. The predicted molar refractivity (Wildman–Crippen MR) is 94.6 cm³/mol. The van der Waals surface area contributed by atoms with E-state index in [9.17, 15) is 0 Å². The van der Waals surface area contributed by atoms with Gasteiger partial charge in [0.15, 0.2) is 5.71 Å². The van der Waals surface area contributed by atoms with Crippen molar-refractivity contribution in [1.82, 2.24) is 0 Å². The molecule has 0 fully saturated rings. The normalized spacial score (nSPS) is 15.6. The molecule has 1 heterocycles. The van der Waals surface area contributed by atoms with Gasteiger partial charge in [-0.3, -0.25) is 0 Å². The quantitative estimate of drug-likeness (QED) is 0.318. The highest BCUT2D eigenvalue weighted by Gasteiger charge is 2.42. The number of para-hydroxylation sites is 1. The highest BCUT2D eigenvalue weighted by atomic mass is 15.1. The van der Waals surface area contributed by atoms with Crippen molar-refractivity contribution in [3.8, 4) is 0 Å². The summed E-state index contributed by atoms with van der Waals surface area (Å²) in [5.74, 6) is 0. The Bertz CT molecular complexity index is 851. The van der Waals surface area contributed by atoms with Crippen molar-refractivity contribution in [2.75, 3.05) is 7.05 Å². The van der Waals surface area contributed by atoms with Crippen LogP contribution < -0.4 is 0 Å². The van der Waals surface area contributed by atoms with Gasteiger partial charge in [-0.25, -0.2) is 0 Å². The second-order valence-corrected chi connectivity index (χ2v) is 6.20. The number of azide groups is 1. The first-order chi connectivity index (χ1) is 11.0. The zero-order valence-corrected chi connectivity index (χ0v) is 13.6. The molecule has 1 aliphatic rings. The highest BCUT2D eigenvalue weighted by molar-refractivity contribution is 6.05. The van der Waals surface area contributed by atoms with Crippen LogP contribution in [0.15, 0.2) is 59.7 Å². The van der Waals surface area contributed by atoms with Crippen molar-refractivity contribution in [2.45, 2.75) is 19.3 Å². The van der Waals surface area contributed by atoms with Gasteiger partial charge in [-0.2, -0.15) is 4.58 Å².